The van der Waals surface area contributed by atoms with Crippen LogP contribution in [0.1, 0.15) is 6.42 Å². The summed E-state index contributed by atoms with van der Waals surface area (Å²) in [4.78, 5) is 22.0. The second-order valence-corrected chi connectivity index (χ2v) is 4.57. The molecule has 0 bridgehead atoms. The van der Waals surface area contributed by atoms with Crippen LogP contribution in [0.5, 0.6) is 5.75 Å². The highest BCUT2D eigenvalue weighted by Gasteiger charge is 2.25. The molecule has 19 heavy (non-hydrogen) atoms. The van der Waals surface area contributed by atoms with Gasteiger partial charge in [-0.05, 0) is 12.5 Å². The fourth-order valence-corrected chi connectivity index (χ4v) is 2.06. The number of nitro groups is 1. The molecule has 1 atom stereocenters. The van der Waals surface area contributed by atoms with Gasteiger partial charge in [0.05, 0.1) is 16.6 Å². The van der Waals surface area contributed by atoms with Gasteiger partial charge in [-0.1, -0.05) is 17.7 Å². The summed E-state index contributed by atoms with van der Waals surface area (Å²) in [7, 11) is 0. The van der Waals surface area contributed by atoms with E-state index in [0.29, 0.717) is 19.6 Å². The van der Waals surface area contributed by atoms with Crippen molar-refractivity contribution in [3.05, 3.63) is 33.3 Å². The minimum atomic E-state index is -0.593. The van der Waals surface area contributed by atoms with Gasteiger partial charge in [0, 0.05) is 18.6 Å². The van der Waals surface area contributed by atoms with Gasteiger partial charge in [-0.3, -0.25) is 14.9 Å². The van der Waals surface area contributed by atoms with Gasteiger partial charge in [0.1, 0.15) is 6.61 Å². The molecule has 6 nitrogen and oxygen atoms in total. The molecule has 1 aromatic rings. The van der Waals surface area contributed by atoms with Crippen LogP contribution in [0.15, 0.2) is 18.2 Å². The topological polar surface area (TPSA) is 78.7 Å². The number of hydrogen-bond donors (Lipinski definition) is 0. The zero-order chi connectivity index (χ0) is 13.8. The summed E-state index contributed by atoms with van der Waals surface area (Å²) in [5.74, 6) is -0.394. The Kier molecular flexibility index (Phi) is 4.34. The Hall–Kier alpha value is -1.66. The van der Waals surface area contributed by atoms with E-state index < -0.39 is 4.92 Å². The van der Waals surface area contributed by atoms with Crippen LogP contribution in [0.4, 0.5) is 5.69 Å². The van der Waals surface area contributed by atoms with E-state index in [9.17, 15) is 14.9 Å². The fourth-order valence-electron chi connectivity index (χ4n) is 1.83. The molecule has 1 unspecified atom stereocenters. The molecule has 0 N–H and O–H groups in total. The molecule has 0 aliphatic carbocycles. The standard InChI is InChI=1S/C12H12ClNO5/c13-9-2-1-3-10(14(16)17)12(9)19-7-11(15)8-4-5-18-6-8/h1-3,8H,4-7H2. The van der Waals surface area contributed by atoms with Crippen LogP contribution < -0.4 is 4.74 Å². The van der Waals surface area contributed by atoms with Crippen molar-refractivity contribution in [3.63, 3.8) is 0 Å². The Morgan fingerprint density at radius 1 is 1.58 bits per heavy atom. The Labute approximate surface area is 114 Å². The number of carbonyl (C=O) groups excluding carboxylic acids is 1. The van der Waals surface area contributed by atoms with E-state index in [4.69, 9.17) is 21.1 Å². The number of ether oxygens (including phenoxy) is 2. The van der Waals surface area contributed by atoms with Gasteiger partial charge in [0.2, 0.25) is 5.75 Å². The van der Waals surface area contributed by atoms with E-state index >= 15 is 0 Å². The SMILES string of the molecule is O=C(COc1c(Cl)cccc1[N+](=O)[O-])C1CCOC1. The second kappa shape index (κ2) is 5.99. The van der Waals surface area contributed by atoms with Crippen molar-refractivity contribution in [2.75, 3.05) is 19.8 Å². The number of rotatable bonds is 5. The first kappa shape index (κ1) is 13.8. The van der Waals surface area contributed by atoms with E-state index in [1.807, 2.05) is 0 Å². The lowest BCUT2D eigenvalue weighted by Crippen LogP contribution is -2.22. The molecule has 1 aromatic carbocycles. The van der Waals surface area contributed by atoms with Crippen molar-refractivity contribution in [3.8, 4) is 5.75 Å². The largest absolute Gasteiger partial charge is 0.478 e. The number of ketones is 1. The quantitative estimate of drug-likeness (QED) is 0.612. The number of Topliss-reactive ketones (excluding diaryl/α,β-unsaturated/α-hetero) is 1. The summed E-state index contributed by atoms with van der Waals surface area (Å²) < 4.78 is 10.3. The number of halogens is 1. The molecule has 102 valence electrons. The van der Waals surface area contributed by atoms with Gasteiger partial charge in [-0.25, -0.2) is 0 Å². The molecule has 0 spiro atoms. The normalized spacial score (nSPS) is 18.3. The summed E-state index contributed by atoms with van der Waals surface area (Å²) in [6.45, 7) is 0.702. The maximum absolute atomic E-state index is 11.8. The van der Waals surface area contributed by atoms with E-state index in [1.54, 1.807) is 0 Å². The number of para-hydroxylation sites is 1. The highest BCUT2D eigenvalue weighted by Crippen LogP contribution is 2.34. The number of benzene rings is 1. The first-order valence-electron chi connectivity index (χ1n) is 5.75. The third kappa shape index (κ3) is 3.21. The lowest BCUT2D eigenvalue weighted by molar-refractivity contribution is -0.385. The zero-order valence-electron chi connectivity index (χ0n) is 10.0. The third-order valence-corrected chi connectivity index (χ3v) is 3.18. The van der Waals surface area contributed by atoms with Crippen LogP contribution in [0.25, 0.3) is 0 Å². The van der Waals surface area contributed by atoms with Gasteiger partial charge in [0.25, 0.3) is 0 Å². The van der Waals surface area contributed by atoms with Gasteiger partial charge >= 0.3 is 5.69 Å². The molecule has 1 aliphatic heterocycles. The molecule has 1 aliphatic rings. The Balaban J connectivity index is 2.06. The molecule has 1 heterocycles. The monoisotopic (exact) mass is 285 g/mol. The smallest absolute Gasteiger partial charge is 0.312 e. The minimum absolute atomic E-state index is 0.0681. The summed E-state index contributed by atoms with van der Waals surface area (Å²) in [5.41, 5.74) is -0.247. The van der Waals surface area contributed by atoms with Crippen molar-refractivity contribution < 1.29 is 19.2 Å². The summed E-state index contributed by atoms with van der Waals surface area (Å²) in [6, 6.07) is 4.22. The van der Waals surface area contributed by atoms with Crippen molar-refractivity contribution in [2.24, 2.45) is 5.92 Å². The molecule has 1 saturated heterocycles. The average Bonchev–Trinajstić information content (AvgIpc) is 2.90. The Bertz CT molecular complexity index is 499. The maximum Gasteiger partial charge on any atom is 0.312 e. The van der Waals surface area contributed by atoms with E-state index in [-0.39, 0.29) is 34.8 Å². The molecular weight excluding hydrogens is 274 g/mol. The molecule has 0 radical (unpaired) electrons. The van der Waals surface area contributed by atoms with Crippen LogP contribution in [0.2, 0.25) is 5.02 Å². The summed E-state index contributed by atoms with van der Waals surface area (Å²) in [6.07, 6.45) is 0.660. The van der Waals surface area contributed by atoms with E-state index in [0.717, 1.165) is 0 Å². The summed E-state index contributed by atoms with van der Waals surface area (Å²) >= 11 is 5.85. The van der Waals surface area contributed by atoms with E-state index in [2.05, 4.69) is 0 Å². The molecule has 0 amide bonds. The predicted octanol–water partition coefficient (Wildman–Crippen LogP) is 2.23. The molecular formula is C12H12ClNO5. The number of hydrogen-bond acceptors (Lipinski definition) is 5. The first-order chi connectivity index (χ1) is 9.09. The summed E-state index contributed by atoms with van der Waals surface area (Å²) in [5, 5.41) is 11.0. The van der Waals surface area contributed by atoms with Crippen molar-refractivity contribution in [1.29, 1.82) is 0 Å². The number of carbonyl (C=O) groups is 1. The lowest BCUT2D eigenvalue weighted by atomic mass is 10.0. The Morgan fingerprint density at radius 3 is 3.00 bits per heavy atom. The zero-order valence-corrected chi connectivity index (χ0v) is 10.8. The number of nitrogens with zero attached hydrogens (tertiary/aromatic N) is 1. The third-order valence-electron chi connectivity index (χ3n) is 2.89. The van der Waals surface area contributed by atoms with Gasteiger partial charge < -0.3 is 9.47 Å². The first-order valence-corrected chi connectivity index (χ1v) is 6.13. The van der Waals surface area contributed by atoms with Gasteiger partial charge in [-0.2, -0.15) is 0 Å². The van der Waals surface area contributed by atoms with Crippen LogP contribution >= 0.6 is 11.6 Å². The average molecular weight is 286 g/mol. The van der Waals surface area contributed by atoms with Crippen molar-refractivity contribution in [1.82, 2.24) is 0 Å². The van der Waals surface area contributed by atoms with Crippen molar-refractivity contribution in [2.45, 2.75) is 6.42 Å². The van der Waals surface area contributed by atoms with Gasteiger partial charge in [0.15, 0.2) is 5.78 Å². The molecule has 0 aromatic heterocycles. The molecule has 2 rings (SSSR count). The maximum atomic E-state index is 11.8. The molecule has 7 heteroatoms. The highest BCUT2D eigenvalue weighted by molar-refractivity contribution is 6.32. The van der Waals surface area contributed by atoms with Crippen molar-refractivity contribution >= 4 is 23.1 Å². The Morgan fingerprint density at radius 2 is 2.37 bits per heavy atom. The minimum Gasteiger partial charge on any atom is -0.478 e. The van der Waals surface area contributed by atoms with E-state index in [1.165, 1.54) is 18.2 Å². The fraction of sp³-hybridized carbons (Fsp3) is 0.417. The van der Waals surface area contributed by atoms with Crippen LogP contribution in [-0.2, 0) is 9.53 Å². The van der Waals surface area contributed by atoms with Crippen LogP contribution in [-0.4, -0.2) is 30.5 Å². The second-order valence-electron chi connectivity index (χ2n) is 4.16. The van der Waals surface area contributed by atoms with Crippen LogP contribution in [0.3, 0.4) is 0 Å². The molecule has 0 saturated carbocycles. The number of nitro benzene ring substituents is 1. The lowest BCUT2D eigenvalue weighted by Gasteiger charge is -2.10. The van der Waals surface area contributed by atoms with Crippen LogP contribution in [0, 0.1) is 16.0 Å². The molecule has 1 fully saturated rings. The highest BCUT2D eigenvalue weighted by atomic mass is 35.5. The van der Waals surface area contributed by atoms with Gasteiger partial charge in [-0.15, -0.1) is 0 Å². The predicted molar refractivity (Wildman–Crippen MR) is 67.5 cm³/mol.